The third kappa shape index (κ3) is 5.61. The second kappa shape index (κ2) is 8.09. The van der Waals surface area contributed by atoms with Crippen LogP contribution in [0.25, 0.3) is 0 Å². The van der Waals surface area contributed by atoms with Gasteiger partial charge in [-0.05, 0) is 32.4 Å². The molecule has 0 aromatic heterocycles. The van der Waals surface area contributed by atoms with Crippen molar-refractivity contribution in [3.05, 3.63) is 39.9 Å². The van der Waals surface area contributed by atoms with Crippen molar-refractivity contribution in [3.8, 4) is 0 Å². The van der Waals surface area contributed by atoms with Crippen molar-refractivity contribution in [1.82, 2.24) is 4.72 Å². The first-order valence-corrected chi connectivity index (χ1v) is 8.64. The molecule has 0 saturated heterocycles. The molecule has 0 unspecified atom stereocenters. The summed E-state index contributed by atoms with van der Waals surface area (Å²) >= 11 is 0. The quantitative estimate of drug-likeness (QED) is 0.554. The van der Waals surface area contributed by atoms with Crippen molar-refractivity contribution >= 4 is 10.0 Å². The van der Waals surface area contributed by atoms with Gasteiger partial charge in [-0.15, -0.1) is 10.1 Å². The lowest BCUT2D eigenvalue weighted by Crippen LogP contribution is -2.43. The SMILES string of the molecule is CCCC[C@@H](O[N+](=O)[O-])[C@H](C)NS(=O)(=O)c1ccc(C)cc1. The van der Waals surface area contributed by atoms with Gasteiger partial charge in [0, 0.05) is 6.04 Å². The Morgan fingerprint density at radius 1 is 1.32 bits per heavy atom. The van der Waals surface area contributed by atoms with Crippen LogP contribution in [-0.4, -0.2) is 25.7 Å². The number of hydrogen-bond acceptors (Lipinski definition) is 5. The number of unbranched alkanes of at least 4 members (excludes halogenated alkanes) is 1. The molecule has 0 aliphatic rings. The van der Waals surface area contributed by atoms with Gasteiger partial charge in [0.1, 0.15) is 6.10 Å². The molecule has 22 heavy (non-hydrogen) atoms. The molecule has 0 aliphatic heterocycles. The minimum Gasteiger partial charge on any atom is -0.309 e. The fraction of sp³-hybridized carbons (Fsp3) is 0.571. The van der Waals surface area contributed by atoms with Gasteiger partial charge < -0.3 is 4.84 Å². The van der Waals surface area contributed by atoms with Gasteiger partial charge in [-0.2, -0.15) is 0 Å². The Kier molecular flexibility index (Phi) is 6.76. The standard InChI is InChI=1S/C14H22N2O5S/c1-4-5-6-14(21-16(17)18)12(3)15-22(19,20)13-9-7-11(2)8-10-13/h7-10,12,14-15H,4-6H2,1-3H3/t12-,14+/m0/s1. The van der Waals surface area contributed by atoms with Gasteiger partial charge >= 0.3 is 0 Å². The molecule has 0 saturated carbocycles. The van der Waals surface area contributed by atoms with E-state index in [4.69, 9.17) is 0 Å². The van der Waals surface area contributed by atoms with Gasteiger partial charge in [-0.1, -0.05) is 37.5 Å². The summed E-state index contributed by atoms with van der Waals surface area (Å²) in [6.07, 6.45) is 1.16. The highest BCUT2D eigenvalue weighted by molar-refractivity contribution is 7.89. The molecule has 0 heterocycles. The Morgan fingerprint density at radius 2 is 1.91 bits per heavy atom. The molecule has 0 radical (unpaired) electrons. The molecule has 1 rings (SSSR count). The first kappa shape index (κ1) is 18.4. The van der Waals surface area contributed by atoms with Gasteiger partial charge in [0.2, 0.25) is 10.0 Å². The molecule has 124 valence electrons. The van der Waals surface area contributed by atoms with E-state index in [0.29, 0.717) is 6.42 Å². The van der Waals surface area contributed by atoms with Gasteiger partial charge in [-0.3, -0.25) is 0 Å². The van der Waals surface area contributed by atoms with Crippen LogP contribution < -0.4 is 4.72 Å². The van der Waals surface area contributed by atoms with Crippen molar-refractivity contribution < 1.29 is 18.3 Å². The van der Waals surface area contributed by atoms with Crippen LogP contribution in [0.4, 0.5) is 0 Å². The summed E-state index contributed by atoms with van der Waals surface area (Å²) < 4.78 is 27.0. The fourth-order valence-electron chi connectivity index (χ4n) is 2.02. The molecular formula is C14H22N2O5S. The van der Waals surface area contributed by atoms with Crippen molar-refractivity contribution in [2.45, 2.75) is 57.1 Å². The van der Waals surface area contributed by atoms with Crippen LogP contribution in [0, 0.1) is 17.0 Å². The third-order valence-corrected chi connectivity index (χ3v) is 4.87. The van der Waals surface area contributed by atoms with E-state index >= 15 is 0 Å². The molecular weight excluding hydrogens is 308 g/mol. The van der Waals surface area contributed by atoms with E-state index in [-0.39, 0.29) is 4.90 Å². The molecule has 2 atom stereocenters. The van der Waals surface area contributed by atoms with Crippen LogP contribution >= 0.6 is 0 Å². The van der Waals surface area contributed by atoms with Crippen LogP contribution in [0.3, 0.4) is 0 Å². The highest BCUT2D eigenvalue weighted by atomic mass is 32.2. The van der Waals surface area contributed by atoms with Crippen LogP contribution in [0.5, 0.6) is 0 Å². The second-order valence-corrected chi connectivity index (χ2v) is 6.95. The largest absolute Gasteiger partial charge is 0.309 e. The van der Waals surface area contributed by atoms with E-state index in [1.54, 1.807) is 19.1 Å². The molecule has 0 amide bonds. The van der Waals surface area contributed by atoms with E-state index in [1.165, 1.54) is 12.1 Å². The van der Waals surface area contributed by atoms with Crippen LogP contribution in [0.15, 0.2) is 29.2 Å². The maximum absolute atomic E-state index is 12.3. The lowest BCUT2D eigenvalue weighted by Gasteiger charge is -2.22. The number of nitrogens with one attached hydrogen (secondary N) is 1. The Hall–Kier alpha value is -1.67. The number of sulfonamides is 1. The first-order chi connectivity index (χ1) is 10.3. The van der Waals surface area contributed by atoms with Crippen molar-refractivity contribution in [2.75, 3.05) is 0 Å². The summed E-state index contributed by atoms with van der Waals surface area (Å²) in [4.78, 5) is 15.3. The second-order valence-electron chi connectivity index (χ2n) is 5.23. The zero-order chi connectivity index (χ0) is 16.8. The molecule has 1 aromatic rings. The highest BCUT2D eigenvalue weighted by Gasteiger charge is 2.26. The normalized spacial score (nSPS) is 14.3. The number of nitrogens with zero attached hydrogens (tertiary/aromatic N) is 1. The summed E-state index contributed by atoms with van der Waals surface area (Å²) in [5.41, 5.74) is 0.949. The van der Waals surface area contributed by atoms with Crippen molar-refractivity contribution in [3.63, 3.8) is 0 Å². The zero-order valence-corrected chi connectivity index (χ0v) is 13.8. The molecule has 1 aromatic carbocycles. The van der Waals surface area contributed by atoms with Crippen LogP contribution in [0.2, 0.25) is 0 Å². The predicted molar refractivity (Wildman–Crippen MR) is 82.4 cm³/mol. The van der Waals surface area contributed by atoms with E-state index in [1.807, 2.05) is 13.8 Å². The molecule has 1 N–H and O–H groups in total. The molecule has 0 bridgehead atoms. The highest BCUT2D eigenvalue weighted by Crippen LogP contribution is 2.14. The van der Waals surface area contributed by atoms with E-state index in [9.17, 15) is 18.5 Å². The van der Waals surface area contributed by atoms with Gasteiger partial charge in [0.05, 0.1) is 4.90 Å². The monoisotopic (exact) mass is 330 g/mol. The number of hydrogen-bond donors (Lipinski definition) is 1. The van der Waals surface area contributed by atoms with Crippen LogP contribution in [0.1, 0.15) is 38.7 Å². The fourth-order valence-corrected chi connectivity index (χ4v) is 3.29. The van der Waals surface area contributed by atoms with Gasteiger partial charge in [-0.25, -0.2) is 13.1 Å². The minimum absolute atomic E-state index is 0.125. The van der Waals surface area contributed by atoms with Crippen LogP contribution in [-0.2, 0) is 14.9 Å². The Bertz CT molecular complexity index is 586. The average Bonchev–Trinajstić information content (AvgIpc) is 2.43. The molecule has 0 fully saturated rings. The van der Waals surface area contributed by atoms with Gasteiger partial charge in [0.15, 0.2) is 0 Å². The number of aryl methyl sites for hydroxylation is 1. The molecule has 7 nitrogen and oxygen atoms in total. The van der Waals surface area contributed by atoms with Crippen molar-refractivity contribution in [1.29, 1.82) is 0 Å². The summed E-state index contributed by atoms with van der Waals surface area (Å²) in [6.45, 7) is 5.37. The van der Waals surface area contributed by atoms with E-state index in [0.717, 1.165) is 18.4 Å². The van der Waals surface area contributed by atoms with Crippen molar-refractivity contribution in [2.24, 2.45) is 0 Å². The topological polar surface area (TPSA) is 98.5 Å². The van der Waals surface area contributed by atoms with E-state index < -0.39 is 27.3 Å². The summed E-state index contributed by atoms with van der Waals surface area (Å²) in [5, 5.41) is 9.68. The predicted octanol–water partition coefficient (Wildman–Crippen LogP) is 2.43. The first-order valence-electron chi connectivity index (χ1n) is 7.16. The summed E-state index contributed by atoms with van der Waals surface area (Å²) in [5.74, 6) is 0. The Morgan fingerprint density at radius 3 is 2.41 bits per heavy atom. The Balaban J connectivity index is 2.83. The third-order valence-electron chi connectivity index (χ3n) is 3.29. The minimum atomic E-state index is -3.73. The zero-order valence-electron chi connectivity index (χ0n) is 13.0. The molecule has 0 spiro atoms. The number of benzene rings is 1. The Labute approximate surface area is 130 Å². The number of rotatable bonds is 9. The molecule has 8 heteroatoms. The molecule has 0 aliphatic carbocycles. The summed E-state index contributed by atoms with van der Waals surface area (Å²) in [6, 6.07) is 5.69. The lowest BCUT2D eigenvalue weighted by atomic mass is 10.1. The average molecular weight is 330 g/mol. The lowest BCUT2D eigenvalue weighted by molar-refractivity contribution is -0.769. The summed E-state index contributed by atoms with van der Waals surface area (Å²) in [7, 11) is -3.73. The van der Waals surface area contributed by atoms with Gasteiger partial charge in [0.25, 0.3) is 5.09 Å². The maximum Gasteiger partial charge on any atom is 0.294 e. The maximum atomic E-state index is 12.3. The van der Waals surface area contributed by atoms with E-state index in [2.05, 4.69) is 9.56 Å². The smallest absolute Gasteiger partial charge is 0.294 e.